The lowest BCUT2D eigenvalue weighted by Crippen LogP contribution is -2.25. The van der Waals surface area contributed by atoms with Gasteiger partial charge in [0.05, 0.1) is 11.2 Å². The van der Waals surface area contributed by atoms with E-state index in [1.54, 1.807) is 29.1 Å². The molecule has 6 heteroatoms. The number of amides is 1. The summed E-state index contributed by atoms with van der Waals surface area (Å²) < 4.78 is 0. The predicted molar refractivity (Wildman–Crippen MR) is 63.4 cm³/mol. The van der Waals surface area contributed by atoms with E-state index in [-0.39, 0.29) is 5.91 Å². The molecule has 0 radical (unpaired) electrons. The second kappa shape index (κ2) is 4.80. The monoisotopic (exact) mass is 236 g/mol. The highest BCUT2D eigenvalue weighted by Gasteiger charge is 2.06. The number of aromatic nitrogens is 2. The van der Waals surface area contributed by atoms with Gasteiger partial charge < -0.3 is 16.0 Å². The number of nitrogens with one attached hydrogen (secondary N) is 2. The number of hydrogen-bond acceptors (Lipinski definition) is 4. The Morgan fingerprint density at radius 1 is 1.62 bits per heavy atom. The highest BCUT2D eigenvalue weighted by molar-refractivity contribution is 7.07. The van der Waals surface area contributed by atoms with Crippen LogP contribution in [0.25, 0.3) is 0 Å². The minimum atomic E-state index is -0.146. The maximum Gasteiger partial charge on any atom is 0.267 e. The van der Waals surface area contributed by atoms with Crippen molar-refractivity contribution in [3.05, 3.63) is 34.5 Å². The lowest BCUT2D eigenvalue weighted by Gasteiger charge is -2.01. The standard InChI is InChI=1S/C10H12N4OS/c11-7-3-9(13-4-7)10(15)12-2-1-8-5-16-6-14-8/h3-6,13H,1-2,11H2,(H,12,15). The number of carbonyl (C=O) groups excluding carboxylic acids is 1. The van der Waals surface area contributed by atoms with Crippen molar-refractivity contribution in [1.29, 1.82) is 0 Å². The van der Waals surface area contributed by atoms with Crippen LogP contribution < -0.4 is 11.1 Å². The van der Waals surface area contributed by atoms with Gasteiger partial charge in [-0.3, -0.25) is 4.79 Å². The third-order valence-corrected chi connectivity index (χ3v) is 2.74. The van der Waals surface area contributed by atoms with Crippen LogP contribution in [0.1, 0.15) is 16.2 Å². The van der Waals surface area contributed by atoms with E-state index in [1.165, 1.54) is 0 Å². The molecule has 0 unspecified atom stereocenters. The average molecular weight is 236 g/mol. The number of nitrogen functional groups attached to an aromatic ring is 1. The quantitative estimate of drug-likeness (QED) is 0.741. The molecule has 84 valence electrons. The topological polar surface area (TPSA) is 83.8 Å². The maximum absolute atomic E-state index is 11.6. The molecule has 0 saturated carbocycles. The minimum Gasteiger partial charge on any atom is -0.397 e. The first-order valence-corrected chi connectivity index (χ1v) is 5.79. The van der Waals surface area contributed by atoms with Crippen molar-refractivity contribution in [1.82, 2.24) is 15.3 Å². The van der Waals surface area contributed by atoms with Crippen molar-refractivity contribution in [3.63, 3.8) is 0 Å². The van der Waals surface area contributed by atoms with E-state index in [2.05, 4.69) is 15.3 Å². The van der Waals surface area contributed by atoms with Crippen LogP contribution in [0.3, 0.4) is 0 Å². The number of nitrogens with zero attached hydrogens (tertiary/aromatic N) is 1. The van der Waals surface area contributed by atoms with Gasteiger partial charge in [0.1, 0.15) is 5.69 Å². The van der Waals surface area contributed by atoms with Crippen LogP contribution in [0.2, 0.25) is 0 Å². The van der Waals surface area contributed by atoms with Crippen molar-refractivity contribution in [2.75, 3.05) is 12.3 Å². The SMILES string of the molecule is Nc1c[nH]c(C(=O)NCCc2cscn2)c1. The first-order chi connectivity index (χ1) is 7.75. The Morgan fingerprint density at radius 2 is 2.50 bits per heavy atom. The van der Waals surface area contributed by atoms with Crippen molar-refractivity contribution in [2.45, 2.75) is 6.42 Å². The van der Waals surface area contributed by atoms with Crippen LogP contribution in [0, 0.1) is 0 Å². The summed E-state index contributed by atoms with van der Waals surface area (Å²) in [5.41, 5.74) is 9.32. The molecule has 0 aliphatic carbocycles. The first-order valence-electron chi connectivity index (χ1n) is 4.85. The molecule has 0 atom stereocenters. The highest BCUT2D eigenvalue weighted by Crippen LogP contribution is 2.04. The van der Waals surface area contributed by atoms with E-state index in [9.17, 15) is 4.79 Å². The second-order valence-corrected chi connectivity index (χ2v) is 4.05. The van der Waals surface area contributed by atoms with Crippen LogP contribution in [-0.4, -0.2) is 22.4 Å². The fraction of sp³-hybridized carbons (Fsp3) is 0.200. The van der Waals surface area contributed by atoms with Gasteiger partial charge in [0, 0.05) is 30.2 Å². The van der Waals surface area contributed by atoms with Gasteiger partial charge in [0.25, 0.3) is 5.91 Å². The van der Waals surface area contributed by atoms with Gasteiger partial charge in [0.15, 0.2) is 0 Å². The fourth-order valence-corrected chi connectivity index (χ4v) is 1.90. The normalized spacial score (nSPS) is 10.2. The zero-order valence-corrected chi connectivity index (χ0v) is 9.38. The largest absolute Gasteiger partial charge is 0.397 e. The zero-order valence-electron chi connectivity index (χ0n) is 8.56. The summed E-state index contributed by atoms with van der Waals surface area (Å²) in [6.45, 7) is 0.571. The Labute approximate surface area is 96.7 Å². The summed E-state index contributed by atoms with van der Waals surface area (Å²) in [4.78, 5) is 18.5. The van der Waals surface area contributed by atoms with Gasteiger partial charge in [-0.25, -0.2) is 4.98 Å². The third kappa shape index (κ3) is 2.60. The Kier molecular flexibility index (Phi) is 3.21. The molecular weight excluding hydrogens is 224 g/mol. The summed E-state index contributed by atoms with van der Waals surface area (Å²) in [7, 11) is 0. The molecule has 2 aromatic rings. The van der Waals surface area contributed by atoms with Crippen LogP contribution >= 0.6 is 11.3 Å². The lowest BCUT2D eigenvalue weighted by molar-refractivity contribution is 0.0949. The Hall–Kier alpha value is -1.82. The van der Waals surface area contributed by atoms with Gasteiger partial charge >= 0.3 is 0 Å². The molecule has 0 aliphatic heterocycles. The molecule has 2 rings (SSSR count). The number of hydrogen-bond donors (Lipinski definition) is 3. The molecule has 2 heterocycles. The summed E-state index contributed by atoms with van der Waals surface area (Å²) in [6.07, 6.45) is 2.33. The predicted octanol–water partition coefficient (Wildman–Crippen LogP) is 1.03. The van der Waals surface area contributed by atoms with Gasteiger partial charge in [-0.1, -0.05) is 0 Å². The van der Waals surface area contributed by atoms with E-state index in [4.69, 9.17) is 5.73 Å². The summed E-state index contributed by atoms with van der Waals surface area (Å²) >= 11 is 1.55. The molecule has 0 aliphatic rings. The van der Waals surface area contributed by atoms with Gasteiger partial charge in [0.2, 0.25) is 0 Å². The number of anilines is 1. The Bertz CT molecular complexity index is 463. The Balaban J connectivity index is 1.80. The van der Waals surface area contributed by atoms with Gasteiger partial charge in [-0.2, -0.15) is 0 Å². The van der Waals surface area contributed by atoms with Crippen molar-refractivity contribution >= 4 is 22.9 Å². The molecule has 1 amide bonds. The number of thiazole rings is 1. The highest BCUT2D eigenvalue weighted by atomic mass is 32.1. The van der Waals surface area contributed by atoms with Crippen LogP contribution in [0.15, 0.2) is 23.2 Å². The number of carbonyl (C=O) groups is 1. The van der Waals surface area contributed by atoms with Crippen LogP contribution in [0.4, 0.5) is 5.69 Å². The molecule has 0 bridgehead atoms. The number of nitrogens with two attached hydrogens (primary N) is 1. The average Bonchev–Trinajstić information content (AvgIpc) is 2.89. The maximum atomic E-state index is 11.6. The summed E-state index contributed by atoms with van der Waals surface area (Å²) in [5.74, 6) is -0.146. The molecule has 0 saturated heterocycles. The number of H-pyrrole nitrogens is 1. The molecule has 2 aromatic heterocycles. The number of aromatic amines is 1. The van der Waals surface area contributed by atoms with Crippen LogP contribution in [-0.2, 0) is 6.42 Å². The van der Waals surface area contributed by atoms with E-state index in [0.29, 0.717) is 17.9 Å². The van der Waals surface area contributed by atoms with Crippen molar-refractivity contribution in [2.24, 2.45) is 0 Å². The fourth-order valence-electron chi connectivity index (χ4n) is 1.30. The summed E-state index contributed by atoms with van der Waals surface area (Å²) in [6, 6.07) is 1.61. The second-order valence-electron chi connectivity index (χ2n) is 3.33. The number of rotatable bonds is 4. The van der Waals surface area contributed by atoms with E-state index >= 15 is 0 Å². The van der Waals surface area contributed by atoms with Crippen LogP contribution in [0.5, 0.6) is 0 Å². The van der Waals surface area contributed by atoms with Crippen molar-refractivity contribution in [3.8, 4) is 0 Å². The Morgan fingerprint density at radius 3 is 3.12 bits per heavy atom. The zero-order chi connectivity index (χ0) is 11.4. The molecule has 0 fully saturated rings. The van der Waals surface area contributed by atoms with Gasteiger partial charge in [-0.05, 0) is 6.07 Å². The molecule has 5 nitrogen and oxygen atoms in total. The minimum absolute atomic E-state index is 0.146. The van der Waals surface area contributed by atoms with Crippen molar-refractivity contribution < 1.29 is 4.79 Å². The third-order valence-electron chi connectivity index (χ3n) is 2.10. The molecule has 0 aromatic carbocycles. The smallest absolute Gasteiger partial charge is 0.267 e. The van der Waals surface area contributed by atoms with Gasteiger partial charge in [-0.15, -0.1) is 11.3 Å². The summed E-state index contributed by atoms with van der Waals surface area (Å²) in [5, 5.41) is 4.76. The first kappa shape index (κ1) is 10.7. The van der Waals surface area contributed by atoms with E-state index < -0.39 is 0 Å². The van der Waals surface area contributed by atoms with E-state index in [0.717, 1.165) is 12.1 Å². The lowest BCUT2D eigenvalue weighted by atomic mass is 10.3. The molecule has 16 heavy (non-hydrogen) atoms. The van der Waals surface area contributed by atoms with E-state index in [1.807, 2.05) is 5.38 Å². The molecular formula is C10H12N4OS. The molecule has 4 N–H and O–H groups in total. The molecule has 0 spiro atoms.